The largest absolute Gasteiger partial charge is 0.512 e. The summed E-state index contributed by atoms with van der Waals surface area (Å²) >= 11 is 1.91. The average molecular weight is 851 g/mol. The van der Waals surface area contributed by atoms with Gasteiger partial charge >= 0.3 is 0 Å². The third kappa shape index (κ3) is 7.65. The van der Waals surface area contributed by atoms with Gasteiger partial charge in [-0.15, -0.1) is 40.5 Å². The van der Waals surface area contributed by atoms with Gasteiger partial charge in [-0.3, -0.25) is 9.78 Å². The number of benzene rings is 3. The van der Waals surface area contributed by atoms with Crippen molar-refractivity contribution in [3.63, 3.8) is 0 Å². The number of nitrogens with zero attached hydrogens (tertiary/aromatic N) is 1. The molecule has 0 saturated heterocycles. The van der Waals surface area contributed by atoms with E-state index in [1.807, 2.05) is 59.1 Å². The number of aromatic nitrogens is 1. The number of aryl methyl sites for hydroxylation is 2. The van der Waals surface area contributed by atoms with Crippen LogP contribution in [-0.4, -0.2) is 15.9 Å². The van der Waals surface area contributed by atoms with Gasteiger partial charge in [-0.2, -0.15) is 0 Å². The topological polar surface area (TPSA) is 50.2 Å². The number of aliphatic hydroxyl groups excluding tert-OH is 1. The fourth-order valence-electron chi connectivity index (χ4n) is 6.65. The summed E-state index contributed by atoms with van der Waals surface area (Å²) in [5.74, 6) is 0.286. The first-order chi connectivity index (χ1) is 22.8. The fraction of sp³-hybridized carbons (Fsp3) is 0.409. The molecular formula is C44H52IrNO2S-. The molecule has 6 rings (SSSR count). The summed E-state index contributed by atoms with van der Waals surface area (Å²) in [6.45, 7) is 18.9. The number of pyridine rings is 1. The smallest absolute Gasteiger partial charge is 0.164 e. The van der Waals surface area contributed by atoms with Crippen LogP contribution in [0.25, 0.3) is 42.6 Å². The SMILES string of the molecule is CC(C)(C)c1cc(-c2nccc3sc4c(c23)CCc2ccccc2-4)[c-]c2ccccc12.CCC(C)(CC)C(=O)/C=C(\O)C(C)(CC)CC.[Ir]. The number of thiophene rings is 1. The van der Waals surface area contributed by atoms with Crippen molar-refractivity contribution >= 4 is 38.0 Å². The van der Waals surface area contributed by atoms with Crippen LogP contribution in [0.15, 0.2) is 78.7 Å². The average Bonchev–Trinajstić information content (AvgIpc) is 3.49. The molecule has 261 valence electrons. The Morgan fingerprint density at radius 3 is 2.16 bits per heavy atom. The molecule has 1 N–H and O–H groups in total. The Morgan fingerprint density at radius 1 is 0.878 bits per heavy atom. The molecular weight excluding hydrogens is 799 g/mol. The maximum Gasteiger partial charge on any atom is 0.164 e. The molecule has 2 heterocycles. The molecule has 5 aromatic rings. The van der Waals surface area contributed by atoms with Gasteiger partial charge in [0.25, 0.3) is 0 Å². The first-order valence-electron chi connectivity index (χ1n) is 17.7. The predicted molar refractivity (Wildman–Crippen MR) is 206 cm³/mol. The Balaban J connectivity index is 0.000000260. The number of allylic oxidation sites excluding steroid dienone is 2. The number of carbonyl (C=O) groups excluding carboxylic acids is 1. The van der Waals surface area contributed by atoms with Gasteiger partial charge in [0, 0.05) is 58.5 Å². The van der Waals surface area contributed by atoms with Gasteiger partial charge < -0.3 is 5.11 Å². The Morgan fingerprint density at radius 2 is 1.51 bits per heavy atom. The standard InChI is InChI=1S/C29H24NS.C15H28O2.Ir/c1-29(2,3)24-17-20(16-19-9-5-6-10-21(19)24)27-26-23-13-12-18-8-4-7-11-22(18)28(23)31-25(26)14-15-30-27;1-7-14(5,8-2)12(16)11-13(17)15(6,9-3)10-4;/h4-11,14-15,17H,12-13H2,1-3H3;11,16H,7-10H2,1-6H3;/q-1;;/b;12-11-;. The van der Waals surface area contributed by atoms with E-state index in [1.165, 1.54) is 48.7 Å². The van der Waals surface area contributed by atoms with Gasteiger partial charge in [0.15, 0.2) is 5.78 Å². The van der Waals surface area contributed by atoms with E-state index in [0.717, 1.165) is 55.2 Å². The van der Waals surface area contributed by atoms with Crippen LogP contribution < -0.4 is 0 Å². The molecule has 0 amide bonds. The van der Waals surface area contributed by atoms with Gasteiger partial charge in [-0.05, 0) is 72.1 Å². The summed E-state index contributed by atoms with van der Waals surface area (Å²) in [4.78, 5) is 18.5. The van der Waals surface area contributed by atoms with E-state index >= 15 is 0 Å². The zero-order valence-corrected chi connectivity index (χ0v) is 33.9. The van der Waals surface area contributed by atoms with Crippen LogP contribution in [0.1, 0.15) is 105 Å². The molecule has 1 radical (unpaired) electrons. The van der Waals surface area contributed by atoms with Crippen molar-refractivity contribution in [3.8, 4) is 21.7 Å². The quantitative estimate of drug-likeness (QED) is 0.0961. The molecule has 0 atom stereocenters. The molecule has 49 heavy (non-hydrogen) atoms. The van der Waals surface area contributed by atoms with Gasteiger partial charge in [-0.25, -0.2) is 0 Å². The van der Waals surface area contributed by atoms with E-state index in [9.17, 15) is 9.90 Å². The van der Waals surface area contributed by atoms with Gasteiger partial charge in [0.05, 0.1) is 0 Å². The summed E-state index contributed by atoms with van der Waals surface area (Å²) in [5, 5.41) is 13.9. The number of hydrogen-bond acceptors (Lipinski definition) is 4. The summed E-state index contributed by atoms with van der Waals surface area (Å²) in [7, 11) is 0. The second-order valence-electron chi connectivity index (χ2n) is 14.9. The maximum absolute atomic E-state index is 12.2. The number of fused-ring (bicyclic) bond motifs is 6. The van der Waals surface area contributed by atoms with E-state index in [-0.39, 0.29) is 47.9 Å². The van der Waals surface area contributed by atoms with E-state index in [1.54, 1.807) is 0 Å². The fourth-order valence-corrected chi connectivity index (χ4v) is 7.95. The number of ketones is 1. The Hall–Kier alpha value is -3.11. The predicted octanol–water partition coefficient (Wildman–Crippen LogP) is 12.6. The zero-order chi connectivity index (χ0) is 34.9. The monoisotopic (exact) mass is 851 g/mol. The van der Waals surface area contributed by atoms with Crippen molar-refractivity contribution in [1.82, 2.24) is 4.98 Å². The molecule has 0 spiro atoms. The molecule has 5 heteroatoms. The van der Waals surface area contributed by atoms with Crippen molar-refractivity contribution in [2.24, 2.45) is 10.8 Å². The third-order valence-electron chi connectivity index (χ3n) is 11.0. The minimum atomic E-state index is -0.337. The summed E-state index contributed by atoms with van der Waals surface area (Å²) < 4.78 is 1.32. The molecule has 1 aliphatic rings. The Kier molecular flexibility index (Phi) is 12.2. The third-order valence-corrected chi connectivity index (χ3v) is 12.3. The van der Waals surface area contributed by atoms with Crippen molar-refractivity contribution in [1.29, 1.82) is 0 Å². The number of aliphatic hydroxyl groups is 1. The maximum atomic E-state index is 12.2. The molecule has 0 bridgehead atoms. The molecule has 2 aromatic heterocycles. The minimum Gasteiger partial charge on any atom is -0.512 e. The van der Waals surface area contributed by atoms with Gasteiger partial charge in [0.2, 0.25) is 0 Å². The molecule has 1 aliphatic carbocycles. The van der Waals surface area contributed by atoms with E-state index in [2.05, 4.69) is 87.5 Å². The zero-order valence-electron chi connectivity index (χ0n) is 30.7. The van der Waals surface area contributed by atoms with Crippen molar-refractivity contribution in [2.75, 3.05) is 0 Å². The normalized spacial score (nSPS) is 13.3. The van der Waals surface area contributed by atoms with Crippen LogP contribution in [0.3, 0.4) is 0 Å². The molecule has 0 unspecified atom stereocenters. The summed E-state index contributed by atoms with van der Waals surface area (Å²) in [6, 6.07) is 25.7. The van der Waals surface area contributed by atoms with Crippen LogP contribution in [0.5, 0.6) is 0 Å². The van der Waals surface area contributed by atoms with Crippen LogP contribution in [0.2, 0.25) is 0 Å². The molecule has 3 nitrogen and oxygen atoms in total. The van der Waals surface area contributed by atoms with Crippen LogP contribution in [-0.2, 0) is 43.2 Å². The minimum absolute atomic E-state index is 0. The summed E-state index contributed by atoms with van der Waals surface area (Å²) in [5.41, 5.74) is 7.29. The summed E-state index contributed by atoms with van der Waals surface area (Å²) in [6.07, 6.45) is 8.89. The molecule has 3 aromatic carbocycles. The van der Waals surface area contributed by atoms with Crippen LogP contribution in [0.4, 0.5) is 0 Å². The van der Waals surface area contributed by atoms with Crippen molar-refractivity contribution in [2.45, 2.75) is 106 Å². The first-order valence-corrected chi connectivity index (χ1v) is 18.5. The van der Waals surface area contributed by atoms with E-state index < -0.39 is 0 Å². The van der Waals surface area contributed by atoms with Crippen molar-refractivity contribution < 1.29 is 30.0 Å². The Labute approximate surface area is 311 Å². The molecule has 0 saturated carbocycles. The molecule has 0 aliphatic heterocycles. The Bertz CT molecular complexity index is 1970. The number of carbonyl (C=O) groups is 1. The van der Waals surface area contributed by atoms with E-state index in [0.29, 0.717) is 0 Å². The van der Waals surface area contributed by atoms with Gasteiger partial charge in [-0.1, -0.05) is 116 Å². The van der Waals surface area contributed by atoms with Crippen LogP contribution in [0, 0.1) is 16.9 Å². The van der Waals surface area contributed by atoms with Crippen molar-refractivity contribution in [3.05, 3.63) is 101 Å². The van der Waals surface area contributed by atoms with Gasteiger partial charge in [0.1, 0.15) is 5.76 Å². The second kappa shape index (κ2) is 15.4. The number of hydrogen-bond donors (Lipinski definition) is 1. The van der Waals surface area contributed by atoms with Crippen LogP contribution >= 0.6 is 11.3 Å². The number of rotatable bonds is 8. The van der Waals surface area contributed by atoms with E-state index in [4.69, 9.17) is 4.98 Å². The first kappa shape index (κ1) is 38.7. The second-order valence-corrected chi connectivity index (χ2v) is 16.0. The molecule has 0 fully saturated rings.